The van der Waals surface area contributed by atoms with Crippen molar-refractivity contribution < 1.29 is 13.5 Å². The zero-order chi connectivity index (χ0) is 18.9. The van der Waals surface area contributed by atoms with Crippen molar-refractivity contribution in [1.82, 2.24) is 4.72 Å². The van der Waals surface area contributed by atoms with Gasteiger partial charge in [0.15, 0.2) is 0 Å². The van der Waals surface area contributed by atoms with Crippen LogP contribution in [-0.4, -0.2) is 20.1 Å². The Morgan fingerprint density at radius 3 is 2.46 bits per heavy atom. The molecule has 0 aliphatic rings. The van der Waals surface area contributed by atoms with Crippen molar-refractivity contribution in [3.8, 4) is 9.75 Å². The van der Waals surface area contributed by atoms with Crippen LogP contribution in [0.1, 0.15) is 27.7 Å². The highest BCUT2D eigenvalue weighted by atomic mass is 32.2. The van der Waals surface area contributed by atoms with E-state index in [1.165, 1.54) is 11.3 Å². The van der Waals surface area contributed by atoms with Crippen LogP contribution in [0.15, 0.2) is 46.7 Å². The molecule has 3 aromatic rings. The highest BCUT2D eigenvalue weighted by Gasteiger charge is 2.20. The van der Waals surface area contributed by atoms with Gasteiger partial charge in [-0.2, -0.15) is 0 Å². The van der Waals surface area contributed by atoms with Crippen molar-refractivity contribution in [2.45, 2.75) is 31.8 Å². The van der Waals surface area contributed by atoms with Crippen LogP contribution in [0.4, 0.5) is 0 Å². The van der Waals surface area contributed by atoms with E-state index in [9.17, 15) is 13.5 Å². The summed E-state index contributed by atoms with van der Waals surface area (Å²) in [5.41, 5.74) is 2.68. The first-order valence-corrected chi connectivity index (χ1v) is 11.3. The van der Waals surface area contributed by atoms with Gasteiger partial charge >= 0.3 is 0 Å². The maximum Gasteiger partial charge on any atom is 0.240 e. The topological polar surface area (TPSA) is 66.4 Å². The summed E-state index contributed by atoms with van der Waals surface area (Å²) in [5.74, 6) is 0. The first kappa shape index (κ1) is 19.3. The van der Waals surface area contributed by atoms with E-state index in [0.717, 1.165) is 25.8 Å². The second-order valence-electron chi connectivity index (χ2n) is 6.25. The predicted molar refractivity (Wildman–Crippen MR) is 108 cm³/mol. The summed E-state index contributed by atoms with van der Waals surface area (Å²) in [6.07, 6.45) is -0.879. The van der Waals surface area contributed by atoms with Crippen LogP contribution >= 0.6 is 22.7 Å². The summed E-state index contributed by atoms with van der Waals surface area (Å²) < 4.78 is 27.8. The lowest BCUT2D eigenvalue weighted by Gasteiger charge is -2.14. The highest BCUT2D eigenvalue weighted by Crippen LogP contribution is 2.34. The lowest BCUT2D eigenvalue weighted by molar-refractivity contribution is 0.186. The van der Waals surface area contributed by atoms with Gasteiger partial charge in [0.2, 0.25) is 10.0 Å². The minimum Gasteiger partial charge on any atom is -0.386 e. The van der Waals surface area contributed by atoms with Gasteiger partial charge in [0, 0.05) is 21.2 Å². The number of rotatable bonds is 6. The molecule has 0 aliphatic carbocycles. The van der Waals surface area contributed by atoms with Gasteiger partial charge in [-0.3, -0.25) is 0 Å². The molecule has 0 amide bonds. The standard InChI is InChI=1S/C19H21NO3S3/c1-12-9-14(3)19(10-13(12)2)26(22,23)20-11-15(21)16-6-7-18(25-16)17-5-4-8-24-17/h4-10,15,20-21H,11H2,1-3H3/t15-/m0/s1. The fourth-order valence-electron chi connectivity index (χ4n) is 2.67. The third-order valence-corrected chi connectivity index (χ3v) is 8.08. The minimum absolute atomic E-state index is 0.0565. The van der Waals surface area contributed by atoms with Crippen molar-refractivity contribution in [2.24, 2.45) is 0 Å². The van der Waals surface area contributed by atoms with Gasteiger partial charge in [0.25, 0.3) is 0 Å². The quantitative estimate of drug-likeness (QED) is 0.636. The van der Waals surface area contributed by atoms with Crippen LogP contribution < -0.4 is 4.72 Å². The fraction of sp³-hybridized carbons (Fsp3) is 0.263. The summed E-state index contributed by atoms with van der Waals surface area (Å²) in [5, 5.41) is 12.4. The lowest BCUT2D eigenvalue weighted by atomic mass is 10.1. The largest absolute Gasteiger partial charge is 0.386 e. The van der Waals surface area contributed by atoms with Crippen LogP contribution in [-0.2, 0) is 10.0 Å². The Kier molecular flexibility index (Phi) is 5.64. The molecule has 138 valence electrons. The summed E-state index contributed by atoms with van der Waals surface area (Å²) in [6, 6.07) is 11.4. The average Bonchev–Trinajstić information content (AvgIpc) is 3.26. The molecule has 1 atom stereocenters. The minimum atomic E-state index is -3.67. The first-order valence-electron chi connectivity index (χ1n) is 8.17. The Hall–Kier alpha value is -1.51. The number of benzene rings is 1. The summed E-state index contributed by atoms with van der Waals surface area (Å²) >= 11 is 3.12. The number of sulfonamides is 1. The average molecular weight is 408 g/mol. The zero-order valence-corrected chi connectivity index (χ0v) is 17.3. The van der Waals surface area contributed by atoms with Crippen molar-refractivity contribution >= 4 is 32.7 Å². The molecule has 0 bridgehead atoms. The molecule has 0 fully saturated rings. The number of aliphatic hydroxyl groups excluding tert-OH is 1. The molecule has 0 saturated carbocycles. The van der Waals surface area contributed by atoms with Crippen LogP contribution in [0.5, 0.6) is 0 Å². The van der Waals surface area contributed by atoms with E-state index in [2.05, 4.69) is 4.72 Å². The molecule has 0 spiro atoms. The van der Waals surface area contributed by atoms with Crippen molar-refractivity contribution in [3.05, 3.63) is 63.3 Å². The maximum atomic E-state index is 12.6. The number of hydrogen-bond acceptors (Lipinski definition) is 5. The van der Waals surface area contributed by atoms with E-state index >= 15 is 0 Å². The summed E-state index contributed by atoms with van der Waals surface area (Å²) in [4.78, 5) is 3.22. The molecule has 3 rings (SSSR count). The molecule has 1 aromatic carbocycles. The molecule has 0 saturated heterocycles. The normalized spacial score (nSPS) is 13.1. The molecule has 26 heavy (non-hydrogen) atoms. The second-order valence-corrected chi connectivity index (χ2v) is 10.0. The Balaban J connectivity index is 1.73. The first-order chi connectivity index (χ1) is 12.3. The number of aryl methyl sites for hydroxylation is 3. The monoisotopic (exact) mass is 407 g/mol. The fourth-order valence-corrected chi connectivity index (χ4v) is 5.85. The predicted octanol–water partition coefficient (Wildman–Crippen LogP) is 4.41. The Morgan fingerprint density at radius 2 is 1.77 bits per heavy atom. The van der Waals surface area contributed by atoms with Gasteiger partial charge < -0.3 is 5.11 Å². The van der Waals surface area contributed by atoms with Crippen molar-refractivity contribution in [2.75, 3.05) is 6.54 Å². The van der Waals surface area contributed by atoms with Gasteiger partial charge in [0.05, 0.1) is 4.90 Å². The molecule has 4 nitrogen and oxygen atoms in total. The Labute approximate surface area is 162 Å². The molecule has 0 aliphatic heterocycles. The smallest absolute Gasteiger partial charge is 0.240 e. The Bertz CT molecular complexity index is 1000. The molecular formula is C19H21NO3S3. The van der Waals surface area contributed by atoms with Crippen LogP contribution in [0.3, 0.4) is 0 Å². The second kappa shape index (κ2) is 7.62. The molecule has 2 heterocycles. The van der Waals surface area contributed by atoms with E-state index in [0.29, 0.717) is 5.56 Å². The molecule has 0 unspecified atom stereocenters. The number of aliphatic hydroxyl groups is 1. The van der Waals surface area contributed by atoms with Crippen LogP contribution in [0, 0.1) is 20.8 Å². The molecule has 2 N–H and O–H groups in total. The highest BCUT2D eigenvalue weighted by molar-refractivity contribution is 7.89. The molecular weight excluding hydrogens is 386 g/mol. The lowest BCUT2D eigenvalue weighted by Crippen LogP contribution is -2.29. The number of hydrogen-bond donors (Lipinski definition) is 2. The van der Waals surface area contributed by atoms with Gasteiger partial charge in [-0.15, -0.1) is 22.7 Å². The van der Waals surface area contributed by atoms with Gasteiger partial charge in [-0.1, -0.05) is 12.1 Å². The van der Waals surface area contributed by atoms with Gasteiger partial charge in [-0.25, -0.2) is 13.1 Å². The third-order valence-electron chi connectivity index (χ3n) is 4.27. The Morgan fingerprint density at radius 1 is 1.04 bits per heavy atom. The van der Waals surface area contributed by atoms with Gasteiger partial charge in [0.1, 0.15) is 6.10 Å². The van der Waals surface area contributed by atoms with E-state index in [1.54, 1.807) is 24.3 Å². The number of nitrogens with one attached hydrogen (secondary N) is 1. The summed E-state index contributed by atoms with van der Waals surface area (Å²) in [7, 11) is -3.67. The van der Waals surface area contributed by atoms with Crippen LogP contribution in [0.25, 0.3) is 9.75 Å². The van der Waals surface area contributed by atoms with E-state index in [-0.39, 0.29) is 11.4 Å². The molecule has 2 aromatic heterocycles. The van der Waals surface area contributed by atoms with Crippen molar-refractivity contribution in [3.63, 3.8) is 0 Å². The van der Waals surface area contributed by atoms with Crippen molar-refractivity contribution in [1.29, 1.82) is 0 Å². The maximum absolute atomic E-state index is 12.6. The number of thiophene rings is 2. The molecule has 0 radical (unpaired) electrons. The van der Waals surface area contributed by atoms with E-state index in [1.807, 2.05) is 49.6 Å². The van der Waals surface area contributed by atoms with Crippen LogP contribution in [0.2, 0.25) is 0 Å². The van der Waals surface area contributed by atoms with E-state index < -0.39 is 16.1 Å². The van der Waals surface area contributed by atoms with Gasteiger partial charge in [-0.05, 0) is 67.1 Å². The SMILES string of the molecule is Cc1cc(C)c(S(=O)(=O)NC[C@H](O)c2ccc(-c3cccs3)s2)cc1C. The van der Waals surface area contributed by atoms with E-state index in [4.69, 9.17) is 0 Å². The zero-order valence-electron chi connectivity index (χ0n) is 14.8. The summed E-state index contributed by atoms with van der Waals surface area (Å²) in [6.45, 7) is 5.57. The third kappa shape index (κ3) is 4.07. The molecule has 7 heteroatoms.